The van der Waals surface area contributed by atoms with Gasteiger partial charge in [-0.3, -0.25) is 24.0 Å². The molecule has 3 aliphatic heterocycles. The SMILES string of the molecule is CO[C@]1(C)C[C@H](O[C@H]2[C@H](C)[C@@H](O[C@@H]3O[C@H](C)C[C@H](N(C)C)[C@H]3O)[C@](C)(O)C[C@@H](C)CN(C)C(=O)C[C@@H](Cc3ccc(NC(=O)[C@H](Cc4ccccc4Cl)NC(=O)Cc4ccccc4)cc3)NC(=O)[C@H](C(C)C)CNC(=O)[C@@H]2C)O[C@@H](C)[C@@H]1O. The van der Waals surface area contributed by atoms with Crippen molar-refractivity contribution in [2.75, 3.05) is 46.7 Å². The molecule has 0 saturated carbocycles. The van der Waals surface area contributed by atoms with Crippen molar-refractivity contribution in [1.82, 2.24) is 25.8 Å². The van der Waals surface area contributed by atoms with Crippen LogP contribution in [0.2, 0.25) is 5.02 Å². The van der Waals surface area contributed by atoms with Crippen molar-refractivity contribution in [1.29, 1.82) is 0 Å². The van der Waals surface area contributed by atoms with Gasteiger partial charge in [-0.25, -0.2) is 0 Å². The number of carbonyl (C=O) groups is 5. The van der Waals surface area contributed by atoms with Gasteiger partial charge in [0.1, 0.15) is 18.2 Å². The van der Waals surface area contributed by atoms with Crippen LogP contribution in [0.5, 0.6) is 0 Å². The number of nitrogens with zero attached hydrogens (tertiary/aromatic N) is 2. The van der Waals surface area contributed by atoms with Crippen LogP contribution >= 0.6 is 11.6 Å². The number of benzene rings is 3. The van der Waals surface area contributed by atoms with Gasteiger partial charge in [0.05, 0.1) is 53.9 Å². The average molecular weight is 1180 g/mol. The smallest absolute Gasteiger partial charge is 0.247 e. The molecule has 0 bridgehead atoms. The van der Waals surface area contributed by atoms with E-state index in [-0.39, 0.29) is 93.3 Å². The molecular weight excluding hydrogens is 1080 g/mol. The van der Waals surface area contributed by atoms with E-state index >= 15 is 0 Å². The van der Waals surface area contributed by atoms with Crippen LogP contribution in [0.4, 0.5) is 5.69 Å². The third-order valence-electron chi connectivity index (χ3n) is 17.0. The van der Waals surface area contributed by atoms with Gasteiger partial charge in [-0.2, -0.15) is 0 Å². The van der Waals surface area contributed by atoms with Gasteiger partial charge in [-0.15, -0.1) is 0 Å². The van der Waals surface area contributed by atoms with Gasteiger partial charge in [0, 0.05) is 75.2 Å². The number of anilines is 1. The molecule has 20 heteroatoms. The molecule has 7 N–H and O–H groups in total. The van der Waals surface area contributed by atoms with Crippen LogP contribution in [0.25, 0.3) is 0 Å². The Balaban J connectivity index is 1.28. The first-order valence-electron chi connectivity index (χ1n) is 29.3. The van der Waals surface area contributed by atoms with Crippen LogP contribution in [-0.4, -0.2) is 175 Å². The molecule has 6 rings (SSSR count). The molecule has 0 aromatic heterocycles. The van der Waals surface area contributed by atoms with Gasteiger partial charge in [0.25, 0.3) is 0 Å². The van der Waals surface area contributed by atoms with Crippen molar-refractivity contribution in [3.8, 4) is 0 Å². The molecule has 3 fully saturated rings. The normalized spacial score (nSPS) is 33.1. The lowest BCUT2D eigenvalue weighted by atomic mass is 9.77. The Labute approximate surface area is 496 Å². The Morgan fingerprint density at radius 3 is 2.19 bits per heavy atom. The van der Waals surface area contributed by atoms with Crippen molar-refractivity contribution in [2.45, 2.75) is 186 Å². The number of halogens is 1. The predicted octanol–water partition coefficient (Wildman–Crippen LogP) is 5.67. The number of ether oxygens (including phenoxy) is 5. The summed E-state index contributed by atoms with van der Waals surface area (Å²) in [6.07, 6.45) is -6.46. The van der Waals surface area contributed by atoms with E-state index in [0.29, 0.717) is 22.7 Å². The molecule has 460 valence electrons. The Morgan fingerprint density at radius 1 is 0.892 bits per heavy atom. The lowest BCUT2D eigenvalue weighted by molar-refractivity contribution is -0.317. The molecule has 3 saturated heterocycles. The number of aliphatic hydroxyl groups excluding tert-OH is 2. The number of hydrogen-bond donors (Lipinski definition) is 7. The van der Waals surface area contributed by atoms with Crippen LogP contribution < -0.4 is 21.3 Å². The second-order valence-corrected chi connectivity index (χ2v) is 25.1. The van der Waals surface area contributed by atoms with Gasteiger partial charge in [0.15, 0.2) is 12.6 Å². The van der Waals surface area contributed by atoms with E-state index in [0.717, 1.165) is 11.1 Å². The first-order valence-corrected chi connectivity index (χ1v) is 29.7. The van der Waals surface area contributed by atoms with E-state index < -0.39 is 96.0 Å². The summed E-state index contributed by atoms with van der Waals surface area (Å²) in [5.74, 6) is -5.00. The van der Waals surface area contributed by atoms with Crippen LogP contribution in [0, 0.1) is 29.6 Å². The Hall–Kier alpha value is -5.06. The van der Waals surface area contributed by atoms with E-state index in [1.54, 1.807) is 76.0 Å². The Kier molecular flexibility index (Phi) is 24.1. The fraction of sp³-hybridized carbons (Fsp3) is 0.635. The molecular formula is C63H93ClN6O13. The lowest BCUT2D eigenvalue weighted by Gasteiger charge is -2.49. The summed E-state index contributed by atoms with van der Waals surface area (Å²) in [7, 11) is 6.92. The summed E-state index contributed by atoms with van der Waals surface area (Å²) in [5.41, 5.74) is -0.0739. The highest BCUT2D eigenvalue weighted by Gasteiger charge is 2.51. The van der Waals surface area contributed by atoms with E-state index in [9.17, 15) is 39.3 Å². The molecule has 0 spiro atoms. The van der Waals surface area contributed by atoms with Crippen molar-refractivity contribution < 1.29 is 63.0 Å². The van der Waals surface area contributed by atoms with E-state index in [2.05, 4.69) is 21.3 Å². The summed E-state index contributed by atoms with van der Waals surface area (Å²) in [5, 5.41) is 48.4. The van der Waals surface area contributed by atoms with Gasteiger partial charge in [0.2, 0.25) is 29.5 Å². The molecule has 3 aromatic carbocycles. The Morgan fingerprint density at radius 2 is 1.55 bits per heavy atom. The zero-order valence-electron chi connectivity index (χ0n) is 50.8. The second-order valence-electron chi connectivity index (χ2n) is 24.7. The predicted molar refractivity (Wildman–Crippen MR) is 317 cm³/mol. The maximum absolute atomic E-state index is 14.7. The van der Waals surface area contributed by atoms with Crippen molar-refractivity contribution in [3.63, 3.8) is 0 Å². The minimum absolute atomic E-state index is 0.0705. The standard InChI is InChI=1S/C63H93ClN6O13/c1-36(2)47-34-65-58(75)40(6)55(82-53-33-63(9,79-13)56(74)41(7)81-53)39(5)57(83-61-54(73)50(69(10)11)27-38(4)80-61)62(8,78)32-37(3)35-70(12)52(72)31-46(67-59(47)76)28-43-23-25-45(26-24-43)66-60(77)49(30-44-21-17-18-22-48(44)64)68-51(71)29-42-19-15-14-16-20-42/h14-26,36-41,46-47,49-50,53-57,61,73-74,78H,27-35H2,1-13H3,(H,65,75)(H,66,77)(H,67,76)(H,68,71)/t37-,38-,39+,40-,41+,46-,47+,49+,50+,53+,54-,55+,56+,57-,61+,62-,63-/m1/s1. The number of hydrogen-bond acceptors (Lipinski definition) is 14. The minimum Gasteiger partial charge on any atom is -0.387 e. The van der Waals surface area contributed by atoms with Crippen LogP contribution in [0.1, 0.15) is 105 Å². The minimum atomic E-state index is -1.70. The first kappa shape index (κ1) is 67.1. The molecule has 3 aromatic rings. The van der Waals surface area contributed by atoms with Gasteiger partial charge < -0.3 is 70.1 Å². The van der Waals surface area contributed by atoms with E-state index in [1.807, 2.05) is 96.1 Å². The van der Waals surface area contributed by atoms with Crippen LogP contribution in [-0.2, 0) is 66.9 Å². The number of methoxy groups -OCH3 is 1. The number of amides is 5. The first-order chi connectivity index (χ1) is 39.1. The molecule has 5 amide bonds. The summed E-state index contributed by atoms with van der Waals surface area (Å²) in [6, 6.07) is 21.4. The molecule has 19 nitrogen and oxygen atoms in total. The number of likely N-dealkylation sites (N-methyl/N-ethyl adjacent to an activating group) is 1. The molecule has 3 heterocycles. The van der Waals surface area contributed by atoms with E-state index in [1.165, 1.54) is 7.11 Å². The maximum Gasteiger partial charge on any atom is 0.247 e. The van der Waals surface area contributed by atoms with Crippen molar-refractivity contribution in [3.05, 3.63) is 101 Å². The van der Waals surface area contributed by atoms with Gasteiger partial charge in [-0.1, -0.05) is 107 Å². The quantitative estimate of drug-likeness (QED) is 0.0914. The summed E-state index contributed by atoms with van der Waals surface area (Å²) in [4.78, 5) is 74.5. The van der Waals surface area contributed by atoms with Crippen LogP contribution in [0.3, 0.4) is 0 Å². The topological polar surface area (TPSA) is 247 Å². The summed E-state index contributed by atoms with van der Waals surface area (Å²) >= 11 is 6.51. The summed E-state index contributed by atoms with van der Waals surface area (Å²) < 4.78 is 32.1. The molecule has 17 atom stereocenters. The molecule has 0 unspecified atom stereocenters. The fourth-order valence-corrected chi connectivity index (χ4v) is 12.3. The number of nitrogens with one attached hydrogen (secondary N) is 4. The van der Waals surface area contributed by atoms with E-state index in [4.69, 9.17) is 35.3 Å². The number of aliphatic hydroxyl groups is 3. The molecule has 83 heavy (non-hydrogen) atoms. The largest absolute Gasteiger partial charge is 0.387 e. The van der Waals surface area contributed by atoms with Gasteiger partial charge >= 0.3 is 0 Å². The average Bonchev–Trinajstić information content (AvgIpc) is 3.30. The molecule has 0 radical (unpaired) electrons. The third-order valence-corrected chi connectivity index (χ3v) is 17.3. The zero-order valence-corrected chi connectivity index (χ0v) is 51.6. The van der Waals surface area contributed by atoms with Gasteiger partial charge in [-0.05, 0) is 108 Å². The van der Waals surface area contributed by atoms with Crippen molar-refractivity contribution in [2.24, 2.45) is 29.6 Å². The van der Waals surface area contributed by atoms with Crippen LogP contribution in [0.15, 0.2) is 78.9 Å². The number of carbonyl (C=O) groups excluding carboxylic acids is 5. The van der Waals surface area contributed by atoms with Crippen molar-refractivity contribution >= 4 is 46.8 Å². The lowest BCUT2D eigenvalue weighted by Crippen LogP contribution is -2.60. The Bertz CT molecular complexity index is 2610. The second kappa shape index (κ2) is 29.8. The third kappa shape index (κ3) is 18.2. The highest BCUT2D eigenvalue weighted by molar-refractivity contribution is 6.31. The highest BCUT2D eigenvalue weighted by atomic mass is 35.5. The number of rotatable bonds is 16. The monoisotopic (exact) mass is 1180 g/mol. The summed E-state index contributed by atoms with van der Waals surface area (Å²) in [6.45, 7) is 16.3. The zero-order chi connectivity index (χ0) is 61.1. The molecule has 3 aliphatic rings. The fourth-order valence-electron chi connectivity index (χ4n) is 12.1. The highest BCUT2D eigenvalue weighted by Crippen LogP contribution is 2.39. The molecule has 0 aliphatic carbocycles. The maximum atomic E-state index is 14.7.